The van der Waals surface area contributed by atoms with Crippen LogP contribution in [0, 0.1) is 74.1 Å². The number of rotatable bonds is 18. The second kappa shape index (κ2) is 22.2. The van der Waals surface area contributed by atoms with Crippen molar-refractivity contribution < 1.29 is 28.4 Å². The highest BCUT2D eigenvalue weighted by Gasteiger charge is 2.29. The Labute approximate surface area is 387 Å². The van der Waals surface area contributed by atoms with Crippen molar-refractivity contribution in [2.24, 2.45) is 0 Å². The molecule has 0 atom stereocenters. The Bertz CT molecular complexity index is 2460. The van der Waals surface area contributed by atoms with E-state index in [1.165, 1.54) is 0 Å². The Morgan fingerprint density at radius 1 is 0.212 bits per heavy atom. The molecule has 0 heterocycles. The highest BCUT2D eigenvalue weighted by molar-refractivity contribution is 6.15. The fourth-order valence-corrected chi connectivity index (χ4v) is 7.54. The van der Waals surface area contributed by atoms with Gasteiger partial charge in [-0.15, -0.1) is 38.5 Å². The third-order valence-corrected chi connectivity index (χ3v) is 10.3. The Balaban J connectivity index is 1.70. The molecular weight excluding hydrogens is 817 g/mol. The van der Waals surface area contributed by atoms with Crippen LogP contribution >= 0.6 is 0 Å². The molecule has 0 aromatic heterocycles. The normalized spacial score (nSPS) is 10.1. The summed E-state index contributed by atoms with van der Waals surface area (Å²) >= 11 is 0. The summed E-state index contributed by atoms with van der Waals surface area (Å²) < 4.78 is 35.3. The minimum Gasteiger partial charge on any atom is -0.481 e. The zero-order valence-corrected chi connectivity index (χ0v) is 36.0. The van der Waals surface area contributed by atoms with Crippen LogP contribution in [0.5, 0.6) is 34.5 Å². The molecule has 66 heavy (non-hydrogen) atoms. The number of ether oxygens (including phenoxy) is 6. The van der Waals surface area contributed by atoms with Gasteiger partial charge in [0.15, 0.2) is 0 Å². The molecule has 7 rings (SSSR count). The van der Waals surface area contributed by atoms with E-state index in [0.717, 1.165) is 66.8 Å². The third-order valence-electron chi connectivity index (χ3n) is 10.3. The minimum absolute atomic E-state index is 0.121. The van der Waals surface area contributed by atoms with Gasteiger partial charge in [-0.3, -0.25) is 0 Å². The van der Waals surface area contributed by atoms with E-state index >= 15 is 0 Å². The zero-order chi connectivity index (χ0) is 46.1. The van der Waals surface area contributed by atoms with Gasteiger partial charge in [0.25, 0.3) is 0 Å². The van der Waals surface area contributed by atoms with Gasteiger partial charge < -0.3 is 28.4 Å². The molecule has 0 aliphatic heterocycles. The molecule has 0 fully saturated rings. The minimum atomic E-state index is 0.121. The van der Waals surface area contributed by atoms with Crippen molar-refractivity contribution in [3.05, 3.63) is 146 Å². The SMILES string of the molecule is C#CCOc1ccc(-c2c(-c3ccc(OCC#C)cc3)c(-c3ccc(OCC#C)cc3)c(-c3ccc(OCC#C)cc3)c(-c3ccc(OCC#C)cc3)c2-c2ccc(OCC#C)cc2)cc1. The molecule has 7 aromatic carbocycles. The van der Waals surface area contributed by atoms with Crippen LogP contribution in [0.2, 0.25) is 0 Å². The second-order valence-electron chi connectivity index (χ2n) is 14.4. The van der Waals surface area contributed by atoms with Gasteiger partial charge in [-0.05, 0) is 140 Å². The van der Waals surface area contributed by atoms with Crippen LogP contribution in [0.1, 0.15) is 0 Å². The molecule has 0 aliphatic carbocycles. The van der Waals surface area contributed by atoms with E-state index in [1.54, 1.807) is 0 Å². The van der Waals surface area contributed by atoms with E-state index in [2.05, 4.69) is 35.5 Å². The monoisotopic (exact) mass is 858 g/mol. The summed E-state index contributed by atoms with van der Waals surface area (Å²) in [5.41, 5.74) is 10.8. The van der Waals surface area contributed by atoms with Gasteiger partial charge in [-0.25, -0.2) is 0 Å². The molecule has 0 N–H and O–H groups in total. The van der Waals surface area contributed by atoms with Crippen LogP contribution in [0.25, 0.3) is 66.8 Å². The van der Waals surface area contributed by atoms with Gasteiger partial charge in [-0.1, -0.05) is 108 Å². The van der Waals surface area contributed by atoms with Gasteiger partial charge in [0, 0.05) is 0 Å². The lowest BCUT2D eigenvalue weighted by molar-refractivity contribution is 0.370. The molecule has 0 amide bonds. The number of hydrogen-bond donors (Lipinski definition) is 0. The van der Waals surface area contributed by atoms with Crippen molar-refractivity contribution in [2.45, 2.75) is 0 Å². The standard InChI is InChI=1S/C60H42O6/c1-7-37-61-49-25-13-43(14-26-49)55-56(44-15-27-50(28-16-44)62-38-8-2)58(46-19-31-52(32-20-46)64-40-10-4)60(48-23-35-54(36-24-48)66-42-12-6)59(47-21-33-53(34-22-47)65-41-11-5)57(55)45-17-29-51(30-18-45)63-39-9-3/h1-6,13-36H,37-42H2. The van der Waals surface area contributed by atoms with Gasteiger partial charge in [0.05, 0.1) is 0 Å². The zero-order valence-electron chi connectivity index (χ0n) is 36.0. The van der Waals surface area contributed by atoms with Crippen molar-refractivity contribution in [1.82, 2.24) is 0 Å². The average Bonchev–Trinajstić information content (AvgIpc) is 3.37. The molecule has 0 radical (unpaired) electrons. The molecule has 0 saturated heterocycles. The van der Waals surface area contributed by atoms with Crippen molar-refractivity contribution >= 4 is 0 Å². The van der Waals surface area contributed by atoms with Crippen LogP contribution in [0.15, 0.2) is 146 Å². The first-order chi connectivity index (χ1) is 32.5. The number of terminal acetylenes is 6. The van der Waals surface area contributed by atoms with Crippen LogP contribution < -0.4 is 28.4 Å². The van der Waals surface area contributed by atoms with E-state index in [0.29, 0.717) is 34.5 Å². The molecule has 0 spiro atoms. The van der Waals surface area contributed by atoms with Crippen molar-refractivity contribution in [1.29, 1.82) is 0 Å². The highest BCUT2D eigenvalue weighted by atomic mass is 16.5. The van der Waals surface area contributed by atoms with E-state index in [-0.39, 0.29) is 39.6 Å². The molecule has 0 aliphatic rings. The lowest BCUT2D eigenvalue weighted by Crippen LogP contribution is -2.03. The van der Waals surface area contributed by atoms with Crippen LogP contribution in [0.4, 0.5) is 0 Å². The average molecular weight is 859 g/mol. The van der Waals surface area contributed by atoms with E-state index in [9.17, 15) is 0 Å². The summed E-state index contributed by atoms with van der Waals surface area (Å²) in [4.78, 5) is 0. The van der Waals surface area contributed by atoms with Crippen LogP contribution in [0.3, 0.4) is 0 Å². The Morgan fingerprint density at radius 3 is 0.439 bits per heavy atom. The summed E-state index contributed by atoms with van der Waals surface area (Å²) in [5, 5.41) is 0. The summed E-state index contributed by atoms with van der Waals surface area (Å²) in [6.45, 7) is 0.724. The van der Waals surface area contributed by atoms with Gasteiger partial charge in [0.1, 0.15) is 74.1 Å². The number of benzene rings is 7. The predicted octanol–water partition coefficient (Wildman–Crippen LogP) is 11.8. The lowest BCUT2D eigenvalue weighted by atomic mass is 9.74. The smallest absolute Gasteiger partial charge is 0.148 e. The van der Waals surface area contributed by atoms with Gasteiger partial charge in [-0.2, -0.15) is 0 Å². The molecule has 6 nitrogen and oxygen atoms in total. The quantitative estimate of drug-likeness (QED) is 0.0802. The van der Waals surface area contributed by atoms with Crippen molar-refractivity contribution in [2.75, 3.05) is 39.6 Å². The first kappa shape index (κ1) is 44.7. The topological polar surface area (TPSA) is 55.4 Å². The maximum absolute atomic E-state index is 5.88. The first-order valence-corrected chi connectivity index (χ1v) is 20.7. The van der Waals surface area contributed by atoms with Crippen molar-refractivity contribution in [3.8, 4) is 175 Å². The van der Waals surface area contributed by atoms with Gasteiger partial charge in [0.2, 0.25) is 0 Å². The molecule has 0 unspecified atom stereocenters. The maximum atomic E-state index is 5.88. The Kier molecular flexibility index (Phi) is 15.0. The summed E-state index contributed by atoms with van der Waals surface area (Å²) in [7, 11) is 0. The fraction of sp³-hybridized carbons (Fsp3) is 0.100. The molecule has 0 saturated carbocycles. The van der Waals surface area contributed by atoms with E-state index in [4.69, 9.17) is 67.0 Å². The first-order valence-electron chi connectivity index (χ1n) is 20.7. The largest absolute Gasteiger partial charge is 0.481 e. The molecule has 318 valence electrons. The lowest BCUT2D eigenvalue weighted by Gasteiger charge is -2.29. The highest BCUT2D eigenvalue weighted by Crippen LogP contribution is 2.56. The maximum Gasteiger partial charge on any atom is 0.148 e. The summed E-state index contributed by atoms with van der Waals surface area (Å²) in [6.07, 6.45) is 33.5. The second-order valence-corrected chi connectivity index (χ2v) is 14.4. The Morgan fingerprint density at radius 2 is 0.333 bits per heavy atom. The predicted molar refractivity (Wildman–Crippen MR) is 265 cm³/mol. The molecule has 0 bridgehead atoms. The summed E-state index contributed by atoms with van der Waals surface area (Å²) in [6, 6.07) is 47.6. The fourth-order valence-electron chi connectivity index (χ4n) is 7.54. The van der Waals surface area contributed by atoms with Crippen LogP contribution in [-0.2, 0) is 0 Å². The van der Waals surface area contributed by atoms with E-state index in [1.807, 2.05) is 146 Å². The van der Waals surface area contributed by atoms with E-state index < -0.39 is 0 Å². The third kappa shape index (κ3) is 10.5. The van der Waals surface area contributed by atoms with Crippen molar-refractivity contribution in [3.63, 3.8) is 0 Å². The molecule has 6 heteroatoms. The van der Waals surface area contributed by atoms with Gasteiger partial charge >= 0.3 is 0 Å². The van der Waals surface area contributed by atoms with Crippen LogP contribution in [-0.4, -0.2) is 39.6 Å². The Hall–Kier alpha value is -9.30. The molecule has 7 aromatic rings. The summed E-state index contributed by atoms with van der Waals surface area (Å²) in [5.74, 6) is 19.1. The number of hydrogen-bond acceptors (Lipinski definition) is 6. The molecular formula is C60H42O6.